The van der Waals surface area contributed by atoms with Gasteiger partial charge in [0.1, 0.15) is 5.75 Å². The van der Waals surface area contributed by atoms with Gasteiger partial charge < -0.3 is 10.1 Å². The summed E-state index contributed by atoms with van der Waals surface area (Å²) in [4.78, 5) is 0. The first-order valence-corrected chi connectivity index (χ1v) is 8.11. The van der Waals surface area contributed by atoms with Crippen LogP contribution in [0.2, 0.25) is 0 Å². The minimum absolute atomic E-state index is 0.562. The molecule has 5 nitrogen and oxygen atoms in total. The number of aromatic amines is 1. The second kappa shape index (κ2) is 6.88. The van der Waals surface area contributed by atoms with Crippen LogP contribution in [0.3, 0.4) is 0 Å². The molecule has 0 radical (unpaired) electrons. The quantitative estimate of drug-likeness (QED) is 0.685. The van der Waals surface area contributed by atoms with E-state index in [1.165, 1.54) is 5.56 Å². The Labute approximate surface area is 146 Å². The van der Waals surface area contributed by atoms with E-state index >= 15 is 0 Å². The summed E-state index contributed by atoms with van der Waals surface area (Å²) in [6.07, 6.45) is 0. The fourth-order valence-electron chi connectivity index (χ4n) is 2.55. The van der Waals surface area contributed by atoms with E-state index in [0.717, 1.165) is 28.5 Å². The Hall–Kier alpha value is -2.60. The maximum atomic E-state index is 5.42. The molecule has 2 N–H and O–H groups in total. The number of anilines is 1. The summed E-state index contributed by atoms with van der Waals surface area (Å²) in [5.74, 6) is 1.67. The van der Waals surface area contributed by atoms with Gasteiger partial charge in [-0.3, -0.25) is 9.67 Å². The molecule has 0 unspecified atom stereocenters. The SMILES string of the molecule is COc1ccc(NCc2n[nH]c(=S)n2-c2cc(C)ccc2C)cc1. The highest BCUT2D eigenvalue weighted by Crippen LogP contribution is 2.19. The topological polar surface area (TPSA) is 54.9 Å². The fourth-order valence-corrected chi connectivity index (χ4v) is 2.80. The van der Waals surface area contributed by atoms with Crippen LogP contribution in [0.15, 0.2) is 42.5 Å². The zero-order valence-corrected chi connectivity index (χ0v) is 14.8. The molecule has 0 atom stereocenters. The third-order valence-corrected chi connectivity index (χ3v) is 4.16. The standard InChI is InChI=1S/C18H20N4OS/c1-12-4-5-13(2)16(10-12)22-17(20-21-18(22)24)11-19-14-6-8-15(23-3)9-7-14/h4-10,19H,11H2,1-3H3,(H,21,24). The minimum atomic E-state index is 0.562. The Morgan fingerprint density at radius 3 is 2.62 bits per heavy atom. The average molecular weight is 340 g/mol. The van der Waals surface area contributed by atoms with Gasteiger partial charge in [0, 0.05) is 5.69 Å². The van der Waals surface area contributed by atoms with Crippen molar-refractivity contribution < 1.29 is 4.74 Å². The molecule has 124 valence electrons. The van der Waals surface area contributed by atoms with Crippen LogP contribution in [-0.4, -0.2) is 21.9 Å². The molecule has 3 rings (SSSR count). The molecule has 1 aromatic heterocycles. The van der Waals surface area contributed by atoms with Crippen molar-refractivity contribution >= 4 is 17.9 Å². The molecular weight excluding hydrogens is 320 g/mol. The van der Waals surface area contributed by atoms with E-state index in [2.05, 4.69) is 47.6 Å². The van der Waals surface area contributed by atoms with E-state index in [1.807, 2.05) is 28.8 Å². The van der Waals surface area contributed by atoms with Gasteiger partial charge >= 0.3 is 0 Å². The molecule has 0 bridgehead atoms. The van der Waals surface area contributed by atoms with Crippen LogP contribution in [0.5, 0.6) is 5.75 Å². The first-order valence-electron chi connectivity index (χ1n) is 7.70. The molecular formula is C18H20N4OS. The lowest BCUT2D eigenvalue weighted by atomic mass is 10.1. The van der Waals surface area contributed by atoms with Gasteiger partial charge in [0.05, 0.1) is 19.3 Å². The highest BCUT2D eigenvalue weighted by atomic mass is 32.1. The molecule has 3 aromatic rings. The van der Waals surface area contributed by atoms with Crippen LogP contribution in [-0.2, 0) is 6.54 Å². The second-order valence-corrected chi connectivity index (χ2v) is 6.04. The normalized spacial score (nSPS) is 10.6. The zero-order valence-electron chi connectivity index (χ0n) is 14.0. The van der Waals surface area contributed by atoms with Crippen molar-refractivity contribution in [1.82, 2.24) is 14.8 Å². The van der Waals surface area contributed by atoms with E-state index in [4.69, 9.17) is 17.0 Å². The van der Waals surface area contributed by atoms with E-state index in [0.29, 0.717) is 11.3 Å². The molecule has 0 aliphatic carbocycles. The van der Waals surface area contributed by atoms with Crippen molar-refractivity contribution in [2.75, 3.05) is 12.4 Å². The maximum absolute atomic E-state index is 5.42. The van der Waals surface area contributed by atoms with Gasteiger partial charge in [-0.25, -0.2) is 0 Å². The molecule has 0 amide bonds. The number of hydrogen-bond acceptors (Lipinski definition) is 4. The number of benzene rings is 2. The number of ether oxygens (including phenoxy) is 1. The summed E-state index contributed by atoms with van der Waals surface area (Å²) in [5.41, 5.74) is 4.40. The number of hydrogen-bond donors (Lipinski definition) is 2. The van der Waals surface area contributed by atoms with Gasteiger partial charge in [0.2, 0.25) is 0 Å². The molecule has 0 aliphatic rings. The Morgan fingerprint density at radius 1 is 1.17 bits per heavy atom. The van der Waals surface area contributed by atoms with Gasteiger partial charge in [-0.1, -0.05) is 12.1 Å². The zero-order chi connectivity index (χ0) is 17.1. The molecule has 2 aromatic carbocycles. The highest BCUT2D eigenvalue weighted by molar-refractivity contribution is 7.71. The first kappa shape index (κ1) is 16.3. The molecule has 0 saturated carbocycles. The first-order chi connectivity index (χ1) is 11.6. The van der Waals surface area contributed by atoms with Crippen molar-refractivity contribution in [1.29, 1.82) is 0 Å². The number of aryl methyl sites for hydroxylation is 2. The van der Waals surface area contributed by atoms with Crippen molar-refractivity contribution in [3.05, 3.63) is 64.2 Å². The van der Waals surface area contributed by atoms with Crippen LogP contribution in [0.4, 0.5) is 5.69 Å². The number of aromatic nitrogens is 3. The van der Waals surface area contributed by atoms with E-state index in [-0.39, 0.29) is 0 Å². The Balaban J connectivity index is 1.87. The molecule has 24 heavy (non-hydrogen) atoms. The monoisotopic (exact) mass is 340 g/mol. The van der Waals surface area contributed by atoms with Crippen LogP contribution in [0.25, 0.3) is 5.69 Å². The van der Waals surface area contributed by atoms with Crippen molar-refractivity contribution in [2.45, 2.75) is 20.4 Å². The predicted octanol–water partition coefficient (Wildman–Crippen LogP) is 4.17. The Morgan fingerprint density at radius 2 is 1.92 bits per heavy atom. The van der Waals surface area contributed by atoms with E-state index in [9.17, 15) is 0 Å². The molecule has 0 spiro atoms. The molecule has 0 fully saturated rings. The van der Waals surface area contributed by atoms with Crippen LogP contribution >= 0.6 is 12.2 Å². The van der Waals surface area contributed by atoms with Crippen LogP contribution in [0.1, 0.15) is 17.0 Å². The number of methoxy groups -OCH3 is 1. The summed E-state index contributed by atoms with van der Waals surface area (Å²) in [6.45, 7) is 4.71. The lowest BCUT2D eigenvalue weighted by molar-refractivity contribution is 0.415. The second-order valence-electron chi connectivity index (χ2n) is 5.65. The summed E-state index contributed by atoms with van der Waals surface area (Å²) >= 11 is 5.42. The minimum Gasteiger partial charge on any atom is -0.497 e. The van der Waals surface area contributed by atoms with Gasteiger partial charge in [-0.15, -0.1) is 0 Å². The van der Waals surface area contributed by atoms with Gasteiger partial charge in [0.15, 0.2) is 10.6 Å². The third kappa shape index (κ3) is 3.33. The Bertz CT molecular complexity index is 896. The number of nitrogens with zero attached hydrogens (tertiary/aromatic N) is 2. The summed E-state index contributed by atoms with van der Waals surface area (Å²) in [6, 6.07) is 14.1. The summed E-state index contributed by atoms with van der Waals surface area (Å²) in [5, 5.41) is 10.6. The van der Waals surface area contributed by atoms with Crippen LogP contribution < -0.4 is 10.1 Å². The van der Waals surface area contributed by atoms with Gasteiger partial charge in [-0.05, 0) is 67.5 Å². The summed E-state index contributed by atoms with van der Waals surface area (Å²) < 4.78 is 7.75. The maximum Gasteiger partial charge on any atom is 0.199 e. The van der Waals surface area contributed by atoms with E-state index < -0.39 is 0 Å². The lowest BCUT2D eigenvalue weighted by Gasteiger charge is -2.12. The predicted molar refractivity (Wildman–Crippen MR) is 98.5 cm³/mol. The lowest BCUT2D eigenvalue weighted by Crippen LogP contribution is -2.09. The third-order valence-electron chi connectivity index (χ3n) is 3.89. The van der Waals surface area contributed by atoms with Crippen molar-refractivity contribution in [2.24, 2.45) is 0 Å². The number of nitrogens with one attached hydrogen (secondary N) is 2. The van der Waals surface area contributed by atoms with Crippen molar-refractivity contribution in [3.8, 4) is 11.4 Å². The average Bonchev–Trinajstić information content (AvgIpc) is 2.96. The van der Waals surface area contributed by atoms with Gasteiger partial charge in [0.25, 0.3) is 0 Å². The molecule has 0 saturated heterocycles. The molecule has 1 heterocycles. The largest absolute Gasteiger partial charge is 0.497 e. The number of H-pyrrole nitrogens is 1. The van der Waals surface area contributed by atoms with Gasteiger partial charge in [-0.2, -0.15) is 5.10 Å². The molecule has 0 aliphatic heterocycles. The molecule has 6 heteroatoms. The highest BCUT2D eigenvalue weighted by Gasteiger charge is 2.10. The fraction of sp³-hybridized carbons (Fsp3) is 0.222. The summed E-state index contributed by atoms with van der Waals surface area (Å²) in [7, 11) is 1.66. The van der Waals surface area contributed by atoms with E-state index in [1.54, 1.807) is 7.11 Å². The van der Waals surface area contributed by atoms with Crippen LogP contribution in [0, 0.1) is 18.6 Å². The number of rotatable bonds is 5. The smallest absolute Gasteiger partial charge is 0.199 e. The Kier molecular flexibility index (Phi) is 4.66. The van der Waals surface area contributed by atoms with Crippen molar-refractivity contribution in [3.63, 3.8) is 0 Å².